The molecule has 1 atom stereocenters. The van der Waals surface area contributed by atoms with Crippen LogP contribution >= 0.6 is 27.5 Å². The lowest BCUT2D eigenvalue weighted by Gasteiger charge is -2.25. The summed E-state index contributed by atoms with van der Waals surface area (Å²) in [7, 11) is 1.82. The quantitative estimate of drug-likeness (QED) is 0.778. The molecule has 1 aromatic rings. The van der Waals surface area contributed by atoms with E-state index in [1.165, 1.54) is 0 Å². The molecule has 0 fully saturated rings. The maximum Gasteiger partial charge on any atom is 0.223 e. The van der Waals surface area contributed by atoms with Crippen LogP contribution < -0.4 is 0 Å². The molecule has 1 unspecified atom stereocenters. The third-order valence-corrected chi connectivity index (χ3v) is 3.28. The van der Waals surface area contributed by atoms with Gasteiger partial charge in [-0.15, -0.1) is 0 Å². The van der Waals surface area contributed by atoms with E-state index in [4.69, 9.17) is 11.6 Å². The molecule has 2 nitrogen and oxygen atoms in total. The number of benzene rings is 1. The highest BCUT2D eigenvalue weighted by molar-refractivity contribution is 9.09. The zero-order valence-corrected chi connectivity index (χ0v) is 11.8. The van der Waals surface area contributed by atoms with Crippen LogP contribution in [0.3, 0.4) is 0 Å². The van der Waals surface area contributed by atoms with Crippen LogP contribution in [0, 0.1) is 0 Å². The summed E-state index contributed by atoms with van der Waals surface area (Å²) in [5, 5.41) is 1.41. The second kappa shape index (κ2) is 6.26. The molecular weight excluding hydrogens is 289 g/mol. The zero-order valence-electron chi connectivity index (χ0n) is 9.41. The molecule has 0 aliphatic carbocycles. The zero-order chi connectivity index (χ0) is 12.1. The average molecular weight is 305 g/mol. The Hall–Kier alpha value is -0.540. The highest BCUT2D eigenvalue weighted by Crippen LogP contribution is 2.21. The molecule has 0 aromatic heterocycles. The van der Waals surface area contributed by atoms with Crippen molar-refractivity contribution in [3.63, 3.8) is 0 Å². The number of hydrogen-bond acceptors (Lipinski definition) is 1. The molecule has 1 rings (SSSR count). The normalized spacial score (nSPS) is 12.2. The second-order valence-electron chi connectivity index (χ2n) is 3.67. The van der Waals surface area contributed by atoms with Crippen LogP contribution in [0.1, 0.15) is 24.9 Å². The van der Waals surface area contributed by atoms with Gasteiger partial charge in [0.2, 0.25) is 5.91 Å². The number of halogens is 2. The van der Waals surface area contributed by atoms with E-state index in [0.29, 0.717) is 16.8 Å². The van der Waals surface area contributed by atoms with Crippen molar-refractivity contribution in [2.24, 2.45) is 0 Å². The summed E-state index contributed by atoms with van der Waals surface area (Å²) < 4.78 is 0. The molecule has 1 aromatic carbocycles. The first kappa shape index (κ1) is 13.5. The molecule has 0 aliphatic heterocycles. The Balaban J connectivity index is 2.73. The molecule has 0 heterocycles. The van der Waals surface area contributed by atoms with Gasteiger partial charge in [-0.1, -0.05) is 39.7 Å². The minimum Gasteiger partial charge on any atom is -0.339 e. The first-order chi connectivity index (χ1) is 7.56. The van der Waals surface area contributed by atoms with Gasteiger partial charge >= 0.3 is 0 Å². The molecule has 4 heteroatoms. The van der Waals surface area contributed by atoms with Crippen molar-refractivity contribution in [3.05, 3.63) is 34.9 Å². The van der Waals surface area contributed by atoms with Crippen molar-refractivity contribution in [2.75, 3.05) is 12.4 Å². The van der Waals surface area contributed by atoms with Crippen LogP contribution in [0.15, 0.2) is 24.3 Å². The highest BCUT2D eigenvalue weighted by atomic mass is 79.9. The van der Waals surface area contributed by atoms with Crippen LogP contribution in [0.25, 0.3) is 0 Å². The highest BCUT2D eigenvalue weighted by Gasteiger charge is 2.16. The molecule has 0 radical (unpaired) electrons. The van der Waals surface area contributed by atoms with Crippen molar-refractivity contribution in [1.29, 1.82) is 0 Å². The molecule has 0 N–H and O–H groups in total. The van der Waals surface area contributed by atoms with Gasteiger partial charge in [-0.2, -0.15) is 0 Å². The summed E-state index contributed by atoms with van der Waals surface area (Å²) >= 11 is 9.09. The number of carbonyl (C=O) groups is 1. The lowest BCUT2D eigenvalue weighted by molar-refractivity contribution is -0.131. The smallest absolute Gasteiger partial charge is 0.223 e. The lowest BCUT2D eigenvalue weighted by atomic mass is 10.1. The topological polar surface area (TPSA) is 20.3 Å². The van der Waals surface area contributed by atoms with E-state index in [2.05, 4.69) is 15.9 Å². The van der Waals surface area contributed by atoms with Gasteiger partial charge in [-0.3, -0.25) is 4.79 Å². The van der Waals surface area contributed by atoms with E-state index in [-0.39, 0.29) is 11.9 Å². The van der Waals surface area contributed by atoms with Gasteiger partial charge in [0.1, 0.15) is 0 Å². The Kier molecular flexibility index (Phi) is 5.29. The monoisotopic (exact) mass is 303 g/mol. The van der Waals surface area contributed by atoms with Crippen LogP contribution in [-0.2, 0) is 4.79 Å². The SMILES string of the molecule is CC(c1ccc(Cl)cc1)N(C)C(=O)CCBr. The molecule has 16 heavy (non-hydrogen) atoms. The first-order valence-corrected chi connectivity index (χ1v) is 6.63. The van der Waals surface area contributed by atoms with Gasteiger partial charge in [-0.25, -0.2) is 0 Å². The number of carbonyl (C=O) groups excluding carboxylic acids is 1. The van der Waals surface area contributed by atoms with Crippen LogP contribution in [0.5, 0.6) is 0 Å². The summed E-state index contributed by atoms with van der Waals surface area (Å²) in [6, 6.07) is 7.66. The Bertz CT molecular complexity index is 353. The Morgan fingerprint density at radius 2 is 2.00 bits per heavy atom. The van der Waals surface area contributed by atoms with Crippen molar-refractivity contribution in [2.45, 2.75) is 19.4 Å². The number of rotatable bonds is 4. The summed E-state index contributed by atoms with van der Waals surface area (Å²) in [4.78, 5) is 13.4. The Labute approximate surface area is 110 Å². The Morgan fingerprint density at radius 1 is 1.44 bits per heavy atom. The third kappa shape index (κ3) is 3.49. The first-order valence-electron chi connectivity index (χ1n) is 5.13. The Morgan fingerprint density at radius 3 is 2.50 bits per heavy atom. The van der Waals surface area contributed by atoms with Gasteiger partial charge in [0.25, 0.3) is 0 Å². The van der Waals surface area contributed by atoms with Gasteiger partial charge < -0.3 is 4.90 Å². The van der Waals surface area contributed by atoms with Crippen LogP contribution in [-0.4, -0.2) is 23.2 Å². The van der Waals surface area contributed by atoms with Crippen LogP contribution in [0.2, 0.25) is 5.02 Å². The largest absolute Gasteiger partial charge is 0.339 e. The van der Waals surface area contributed by atoms with Gasteiger partial charge in [-0.05, 0) is 24.6 Å². The van der Waals surface area contributed by atoms with E-state index < -0.39 is 0 Å². The maximum atomic E-state index is 11.7. The van der Waals surface area contributed by atoms with Crippen LogP contribution in [0.4, 0.5) is 0 Å². The predicted octanol–water partition coefficient (Wildman–Crippen LogP) is 3.64. The second-order valence-corrected chi connectivity index (χ2v) is 4.90. The van der Waals surface area contributed by atoms with Gasteiger partial charge in [0.15, 0.2) is 0 Å². The van der Waals surface area contributed by atoms with E-state index in [1.807, 2.05) is 38.2 Å². The molecule has 0 aliphatic rings. The standard InChI is InChI=1S/C12H15BrClNO/c1-9(15(2)12(16)7-8-13)10-3-5-11(14)6-4-10/h3-6,9H,7-8H2,1-2H3. The number of amides is 1. The molecular formula is C12H15BrClNO. The summed E-state index contributed by atoms with van der Waals surface area (Å²) in [5.41, 5.74) is 1.09. The van der Waals surface area contributed by atoms with Crippen molar-refractivity contribution in [3.8, 4) is 0 Å². The minimum atomic E-state index is 0.0730. The molecule has 0 spiro atoms. The molecule has 0 bridgehead atoms. The summed E-state index contributed by atoms with van der Waals surface area (Å²) in [6.45, 7) is 2.01. The fourth-order valence-corrected chi connectivity index (χ4v) is 1.90. The van der Waals surface area contributed by atoms with Gasteiger partial charge in [0, 0.05) is 23.8 Å². The average Bonchev–Trinajstić information content (AvgIpc) is 2.28. The number of alkyl halides is 1. The molecule has 1 amide bonds. The fraction of sp³-hybridized carbons (Fsp3) is 0.417. The van der Waals surface area contributed by atoms with Crippen molar-refractivity contribution < 1.29 is 4.79 Å². The fourth-order valence-electron chi connectivity index (χ4n) is 1.44. The lowest BCUT2D eigenvalue weighted by Crippen LogP contribution is -2.29. The van der Waals surface area contributed by atoms with Crippen molar-refractivity contribution in [1.82, 2.24) is 4.90 Å². The van der Waals surface area contributed by atoms with E-state index in [0.717, 1.165) is 5.56 Å². The molecule has 88 valence electrons. The molecule has 0 saturated heterocycles. The summed E-state index contributed by atoms with van der Waals surface area (Å²) in [6.07, 6.45) is 0.522. The maximum absolute atomic E-state index is 11.7. The van der Waals surface area contributed by atoms with E-state index in [9.17, 15) is 4.79 Å². The third-order valence-electron chi connectivity index (χ3n) is 2.64. The minimum absolute atomic E-state index is 0.0730. The number of hydrogen-bond donors (Lipinski definition) is 0. The van der Waals surface area contributed by atoms with Crippen molar-refractivity contribution >= 4 is 33.4 Å². The molecule has 0 saturated carbocycles. The van der Waals surface area contributed by atoms with Gasteiger partial charge in [0.05, 0.1) is 6.04 Å². The van der Waals surface area contributed by atoms with E-state index in [1.54, 1.807) is 4.90 Å². The predicted molar refractivity (Wildman–Crippen MR) is 71.0 cm³/mol. The summed E-state index contributed by atoms with van der Waals surface area (Å²) in [5.74, 6) is 0.138. The van der Waals surface area contributed by atoms with E-state index >= 15 is 0 Å². The number of nitrogens with zero attached hydrogens (tertiary/aromatic N) is 1.